The molecule has 3 rings (SSSR count). The van der Waals surface area contributed by atoms with E-state index in [0.29, 0.717) is 17.1 Å². The number of H-pyrrole nitrogens is 1. The molecule has 0 bridgehead atoms. The summed E-state index contributed by atoms with van der Waals surface area (Å²) >= 11 is 0. The summed E-state index contributed by atoms with van der Waals surface area (Å²) in [5.41, 5.74) is 1.41. The SMILES string of the molecule is COc1cc(C(=O)Nc2cccc(F)c2-c2ncn[nH]2)cc(C)n1. The number of anilines is 1. The molecular weight excluding hydrogens is 313 g/mol. The summed E-state index contributed by atoms with van der Waals surface area (Å²) in [5.74, 6) is -0.375. The predicted octanol–water partition coefficient (Wildman–Crippen LogP) is 2.58. The summed E-state index contributed by atoms with van der Waals surface area (Å²) in [5, 5.41) is 8.99. The Hall–Kier alpha value is -3.29. The number of nitrogens with zero attached hydrogens (tertiary/aromatic N) is 3. The lowest BCUT2D eigenvalue weighted by atomic mass is 10.1. The van der Waals surface area contributed by atoms with Crippen molar-refractivity contribution < 1.29 is 13.9 Å². The Bertz CT molecular complexity index is 880. The molecule has 0 aliphatic rings. The molecule has 0 fully saturated rings. The van der Waals surface area contributed by atoms with E-state index in [2.05, 4.69) is 25.5 Å². The van der Waals surface area contributed by atoms with Crippen molar-refractivity contribution in [2.75, 3.05) is 12.4 Å². The van der Waals surface area contributed by atoms with Gasteiger partial charge < -0.3 is 10.1 Å². The lowest BCUT2D eigenvalue weighted by Gasteiger charge is -2.11. The van der Waals surface area contributed by atoms with Gasteiger partial charge in [0.1, 0.15) is 12.1 Å². The number of methoxy groups -OCH3 is 1. The zero-order valence-electron chi connectivity index (χ0n) is 13.0. The lowest BCUT2D eigenvalue weighted by Crippen LogP contribution is -2.14. The Kier molecular flexibility index (Phi) is 4.19. The molecule has 7 nitrogen and oxygen atoms in total. The Morgan fingerprint density at radius 1 is 1.33 bits per heavy atom. The number of aromatic nitrogens is 4. The lowest BCUT2D eigenvalue weighted by molar-refractivity contribution is 0.102. The summed E-state index contributed by atoms with van der Waals surface area (Å²) in [6.45, 7) is 1.75. The molecule has 0 radical (unpaired) electrons. The van der Waals surface area contributed by atoms with Gasteiger partial charge in [0, 0.05) is 17.3 Å². The number of benzene rings is 1. The van der Waals surface area contributed by atoms with Gasteiger partial charge in [-0.1, -0.05) is 6.07 Å². The van der Waals surface area contributed by atoms with Crippen molar-refractivity contribution in [3.8, 4) is 17.3 Å². The van der Waals surface area contributed by atoms with E-state index in [-0.39, 0.29) is 17.1 Å². The average molecular weight is 327 g/mol. The summed E-state index contributed by atoms with van der Waals surface area (Å²) in [6.07, 6.45) is 1.27. The Morgan fingerprint density at radius 2 is 2.17 bits per heavy atom. The van der Waals surface area contributed by atoms with E-state index < -0.39 is 11.7 Å². The number of hydrogen-bond donors (Lipinski definition) is 2. The molecule has 2 N–H and O–H groups in total. The summed E-state index contributed by atoms with van der Waals surface area (Å²) in [6, 6.07) is 7.50. The van der Waals surface area contributed by atoms with Crippen molar-refractivity contribution in [2.24, 2.45) is 0 Å². The molecule has 0 atom stereocenters. The molecule has 0 unspecified atom stereocenters. The third-order valence-electron chi connectivity index (χ3n) is 3.31. The summed E-state index contributed by atoms with van der Waals surface area (Å²) in [7, 11) is 1.47. The van der Waals surface area contributed by atoms with Crippen molar-refractivity contribution >= 4 is 11.6 Å². The fraction of sp³-hybridized carbons (Fsp3) is 0.125. The molecule has 8 heteroatoms. The topological polar surface area (TPSA) is 92.8 Å². The van der Waals surface area contributed by atoms with E-state index >= 15 is 0 Å². The third-order valence-corrected chi connectivity index (χ3v) is 3.31. The molecule has 1 aromatic carbocycles. The summed E-state index contributed by atoms with van der Waals surface area (Å²) < 4.78 is 19.2. The van der Waals surface area contributed by atoms with Gasteiger partial charge in [0.15, 0.2) is 5.82 Å². The molecule has 2 heterocycles. The van der Waals surface area contributed by atoms with E-state index in [4.69, 9.17) is 4.74 Å². The highest BCUT2D eigenvalue weighted by Crippen LogP contribution is 2.28. The minimum absolute atomic E-state index is 0.140. The Morgan fingerprint density at radius 3 is 2.88 bits per heavy atom. The molecule has 3 aromatic rings. The van der Waals surface area contributed by atoms with Crippen LogP contribution in [0.5, 0.6) is 5.88 Å². The number of aryl methyl sites for hydroxylation is 1. The molecule has 24 heavy (non-hydrogen) atoms. The van der Waals surface area contributed by atoms with Crippen LogP contribution in [-0.2, 0) is 0 Å². The van der Waals surface area contributed by atoms with Crippen molar-refractivity contribution in [3.63, 3.8) is 0 Å². The smallest absolute Gasteiger partial charge is 0.255 e. The van der Waals surface area contributed by atoms with E-state index in [1.54, 1.807) is 19.1 Å². The first kappa shape index (κ1) is 15.6. The number of pyridine rings is 1. The fourth-order valence-corrected chi connectivity index (χ4v) is 2.26. The minimum atomic E-state index is -0.520. The first-order chi connectivity index (χ1) is 11.6. The maximum absolute atomic E-state index is 14.2. The number of ether oxygens (including phenoxy) is 1. The quantitative estimate of drug-likeness (QED) is 0.768. The highest BCUT2D eigenvalue weighted by Gasteiger charge is 2.17. The van der Waals surface area contributed by atoms with Crippen LogP contribution in [0, 0.1) is 12.7 Å². The van der Waals surface area contributed by atoms with Crippen LogP contribution in [0.25, 0.3) is 11.4 Å². The second-order valence-corrected chi connectivity index (χ2v) is 4.99. The maximum Gasteiger partial charge on any atom is 0.255 e. The largest absolute Gasteiger partial charge is 0.481 e. The molecule has 2 aromatic heterocycles. The molecule has 1 amide bonds. The fourth-order valence-electron chi connectivity index (χ4n) is 2.26. The van der Waals surface area contributed by atoms with Crippen LogP contribution in [0.1, 0.15) is 16.1 Å². The molecule has 0 spiro atoms. The van der Waals surface area contributed by atoms with Gasteiger partial charge >= 0.3 is 0 Å². The van der Waals surface area contributed by atoms with Gasteiger partial charge in [-0.3, -0.25) is 9.89 Å². The number of hydrogen-bond acceptors (Lipinski definition) is 5. The van der Waals surface area contributed by atoms with Crippen LogP contribution in [-0.4, -0.2) is 33.2 Å². The van der Waals surface area contributed by atoms with Gasteiger partial charge in [-0.2, -0.15) is 5.10 Å². The number of aromatic amines is 1. The number of nitrogens with one attached hydrogen (secondary N) is 2. The molecule has 0 aliphatic carbocycles. The maximum atomic E-state index is 14.2. The van der Waals surface area contributed by atoms with E-state index in [0.717, 1.165) is 0 Å². The highest BCUT2D eigenvalue weighted by molar-refractivity contribution is 6.06. The van der Waals surface area contributed by atoms with Crippen LogP contribution in [0.2, 0.25) is 0 Å². The second kappa shape index (κ2) is 6.45. The van der Waals surface area contributed by atoms with Crippen LogP contribution >= 0.6 is 0 Å². The normalized spacial score (nSPS) is 10.5. The zero-order chi connectivity index (χ0) is 17.1. The molecule has 0 saturated heterocycles. The third kappa shape index (κ3) is 3.07. The predicted molar refractivity (Wildman–Crippen MR) is 85.3 cm³/mol. The van der Waals surface area contributed by atoms with Crippen molar-refractivity contribution in [2.45, 2.75) is 6.92 Å². The van der Waals surface area contributed by atoms with Crippen LogP contribution in [0.4, 0.5) is 10.1 Å². The minimum Gasteiger partial charge on any atom is -0.481 e. The average Bonchev–Trinajstić information content (AvgIpc) is 3.08. The monoisotopic (exact) mass is 327 g/mol. The first-order valence-corrected chi connectivity index (χ1v) is 7.07. The number of amides is 1. The van der Waals surface area contributed by atoms with Crippen molar-refractivity contribution in [3.05, 3.63) is 53.7 Å². The van der Waals surface area contributed by atoms with Crippen LogP contribution in [0.15, 0.2) is 36.7 Å². The van der Waals surface area contributed by atoms with E-state index in [1.807, 2.05) is 0 Å². The van der Waals surface area contributed by atoms with Crippen LogP contribution < -0.4 is 10.1 Å². The van der Waals surface area contributed by atoms with Gasteiger partial charge in [-0.05, 0) is 25.1 Å². The number of rotatable bonds is 4. The van der Waals surface area contributed by atoms with Gasteiger partial charge in [0.2, 0.25) is 5.88 Å². The molecule has 0 saturated carbocycles. The van der Waals surface area contributed by atoms with Gasteiger partial charge in [-0.25, -0.2) is 14.4 Å². The van der Waals surface area contributed by atoms with Gasteiger partial charge in [-0.15, -0.1) is 0 Å². The van der Waals surface area contributed by atoms with Gasteiger partial charge in [0.05, 0.1) is 18.4 Å². The summed E-state index contributed by atoms with van der Waals surface area (Å²) in [4.78, 5) is 20.6. The van der Waals surface area contributed by atoms with Crippen molar-refractivity contribution in [1.29, 1.82) is 0 Å². The number of carbonyl (C=O) groups is 1. The Balaban J connectivity index is 1.96. The molecule has 122 valence electrons. The number of halogens is 1. The molecule has 0 aliphatic heterocycles. The standard InChI is InChI=1S/C16H14FN5O2/c1-9-6-10(7-13(20-9)24-2)16(23)21-12-5-3-4-11(17)14(12)15-18-8-19-22-15/h3-8H,1-2H3,(H,21,23)(H,18,19,22). The first-order valence-electron chi connectivity index (χ1n) is 7.07. The van der Waals surface area contributed by atoms with Gasteiger partial charge in [0.25, 0.3) is 5.91 Å². The van der Waals surface area contributed by atoms with Crippen molar-refractivity contribution in [1.82, 2.24) is 20.2 Å². The Labute approximate surface area is 136 Å². The zero-order valence-corrected chi connectivity index (χ0v) is 13.0. The molecular formula is C16H14FN5O2. The number of carbonyl (C=O) groups excluding carboxylic acids is 1. The second-order valence-electron chi connectivity index (χ2n) is 4.99. The van der Waals surface area contributed by atoms with E-state index in [9.17, 15) is 9.18 Å². The van der Waals surface area contributed by atoms with Crippen LogP contribution in [0.3, 0.4) is 0 Å². The highest BCUT2D eigenvalue weighted by atomic mass is 19.1. The van der Waals surface area contributed by atoms with E-state index in [1.165, 1.54) is 31.6 Å².